The molecule has 1 aromatic carbocycles. The van der Waals surface area contributed by atoms with Crippen molar-refractivity contribution in [3.63, 3.8) is 0 Å². The summed E-state index contributed by atoms with van der Waals surface area (Å²) >= 11 is 0. The molecule has 1 saturated heterocycles. The molecule has 0 bridgehead atoms. The van der Waals surface area contributed by atoms with E-state index in [2.05, 4.69) is 9.55 Å². The van der Waals surface area contributed by atoms with Crippen molar-refractivity contribution in [2.45, 2.75) is 39.7 Å². The van der Waals surface area contributed by atoms with Gasteiger partial charge in [0.05, 0.1) is 0 Å². The summed E-state index contributed by atoms with van der Waals surface area (Å²) in [5.41, 5.74) is 2.17. The monoisotopic (exact) mass is 329 g/mol. The average Bonchev–Trinajstić information content (AvgIpc) is 2.90. The number of benzene rings is 1. The molecule has 0 spiro atoms. The lowest BCUT2D eigenvalue weighted by Crippen LogP contribution is -2.39. The van der Waals surface area contributed by atoms with Gasteiger partial charge in [-0.25, -0.2) is 9.37 Å². The predicted octanol–water partition coefficient (Wildman–Crippen LogP) is 3.18. The van der Waals surface area contributed by atoms with E-state index in [1.54, 1.807) is 6.92 Å². The van der Waals surface area contributed by atoms with Crippen LogP contribution in [0.2, 0.25) is 0 Å². The molecule has 128 valence electrons. The van der Waals surface area contributed by atoms with Crippen LogP contribution in [0.3, 0.4) is 0 Å². The fourth-order valence-electron chi connectivity index (χ4n) is 3.44. The summed E-state index contributed by atoms with van der Waals surface area (Å²) in [7, 11) is 0. The van der Waals surface area contributed by atoms with Gasteiger partial charge < -0.3 is 9.47 Å². The van der Waals surface area contributed by atoms with Crippen molar-refractivity contribution in [2.75, 3.05) is 13.1 Å². The van der Waals surface area contributed by atoms with Crippen molar-refractivity contribution in [2.24, 2.45) is 5.92 Å². The Morgan fingerprint density at radius 2 is 2.08 bits per heavy atom. The third kappa shape index (κ3) is 3.83. The number of hydrogen-bond donors (Lipinski definition) is 0. The molecule has 5 heteroatoms. The lowest BCUT2D eigenvalue weighted by Gasteiger charge is -2.32. The van der Waals surface area contributed by atoms with E-state index in [9.17, 15) is 9.18 Å². The second-order valence-electron chi connectivity index (χ2n) is 6.71. The fourth-order valence-corrected chi connectivity index (χ4v) is 3.44. The zero-order chi connectivity index (χ0) is 17.1. The largest absolute Gasteiger partial charge is 0.343 e. The fraction of sp³-hybridized carbons (Fsp3) is 0.474. The highest BCUT2D eigenvalue weighted by Gasteiger charge is 2.23. The van der Waals surface area contributed by atoms with Crippen molar-refractivity contribution in [3.05, 3.63) is 53.4 Å². The van der Waals surface area contributed by atoms with Gasteiger partial charge in [0.1, 0.15) is 11.6 Å². The first kappa shape index (κ1) is 16.7. The van der Waals surface area contributed by atoms with Gasteiger partial charge in [-0.15, -0.1) is 0 Å². The second-order valence-corrected chi connectivity index (χ2v) is 6.71. The molecule has 2 heterocycles. The number of rotatable bonds is 4. The van der Waals surface area contributed by atoms with Gasteiger partial charge in [-0.1, -0.05) is 12.1 Å². The van der Waals surface area contributed by atoms with Crippen LogP contribution in [0.15, 0.2) is 30.5 Å². The van der Waals surface area contributed by atoms with Crippen LogP contribution in [0.4, 0.5) is 4.39 Å². The third-order valence-corrected chi connectivity index (χ3v) is 4.83. The number of imidazole rings is 1. The van der Waals surface area contributed by atoms with Crippen molar-refractivity contribution >= 4 is 5.91 Å². The number of nitrogens with zero attached hydrogens (tertiary/aromatic N) is 3. The van der Waals surface area contributed by atoms with Crippen LogP contribution < -0.4 is 0 Å². The van der Waals surface area contributed by atoms with E-state index in [0.717, 1.165) is 49.4 Å². The molecule has 1 aliphatic rings. The normalized spacial score (nSPS) is 18.0. The first-order chi connectivity index (χ1) is 11.5. The van der Waals surface area contributed by atoms with E-state index < -0.39 is 0 Å². The molecule has 0 saturated carbocycles. The molecular weight excluding hydrogens is 305 g/mol. The molecule has 1 aromatic heterocycles. The predicted molar refractivity (Wildman–Crippen MR) is 91.1 cm³/mol. The number of piperidine rings is 1. The molecule has 24 heavy (non-hydrogen) atoms. The molecular formula is C19H24FN3O. The number of carbonyl (C=O) groups excluding carboxylic acids is 1. The summed E-state index contributed by atoms with van der Waals surface area (Å²) in [6.45, 7) is 6.07. The minimum absolute atomic E-state index is 0.158. The lowest BCUT2D eigenvalue weighted by atomic mass is 9.94. The maximum Gasteiger partial charge on any atom is 0.219 e. The maximum atomic E-state index is 13.1. The average molecular weight is 329 g/mol. The number of likely N-dealkylation sites (tertiary alicyclic amines) is 1. The van der Waals surface area contributed by atoms with Crippen molar-refractivity contribution in [3.8, 4) is 0 Å². The van der Waals surface area contributed by atoms with Crippen LogP contribution >= 0.6 is 0 Å². The number of hydrogen-bond acceptors (Lipinski definition) is 2. The molecule has 0 N–H and O–H groups in total. The van der Waals surface area contributed by atoms with E-state index in [1.807, 2.05) is 30.2 Å². The number of aromatic nitrogens is 2. The summed E-state index contributed by atoms with van der Waals surface area (Å²) in [6.07, 6.45) is 4.96. The van der Waals surface area contributed by atoms with Gasteiger partial charge in [0.15, 0.2) is 0 Å². The van der Waals surface area contributed by atoms with Gasteiger partial charge in [0.2, 0.25) is 5.91 Å². The van der Waals surface area contributed by atoms with Gasteiger partial charge in [0.25, 0.3) is 0 Å². The molecule has 3 rings (SSSR count). The van der Waals surface area contributed by atoms with E-state index in [-0.39, 0.29) is 11.7 Å². The minimum atomic E-state index is -0.215. The summed E-state index contributed by atoms with van der Waals surface area (Å²) < 4.78 is 15.3. The summed E-state index contributed by atoms with van der Waals surface area (Å²) in [4.78, 5) is 18.1. The van der Waals surface area contributed by atoms with E-state index in [0.29, 0.717) is 12.5 Å². The molecule has 2 aromatic rings. The van der Waals surface area contributed by atoms with Gasteiger partial charge >= 0.3 is 0 Å². The van der Waals surface area contributed by atoms with Gasteiger partial charge in [0, 0.05) is 44.9 Å². The van der Waals surface area contributed by atoms with Crippen molar-refractivity contribution in [1.29, 1.82) is 0 Å². The summed E-state index contributed by atoms with van der Waals surface area (Å²) in [6, 6.07) is 6.62. The highest BCUT2D eigenvalue weighted by molar-refractivity contribution is 5.73. The molecule has 0 radical (unpaired) electrons. The zero-order valence-electron chi connectivity index (χ0n) is 14.3. The van der Waals surface area contributed by atoms with Crippen LogP contribution in [-0.4, -0.2) is 33.4 Å². The van der Waals surface area contributed by atoms with Gasteiger partial charge in [-0.05, 0) is 43.4 Å². The molecule has 1 fully saturated rings. The molecule has 1 atom stereocenters. The Morgan fingerprint density at radius 1 is 1.33 bits per heavy atom. The summed E-state index contributed by atoms with van der Waals surface area (Å²) in [5.74, 6) is 1.45. The van der Waals surface area contributed by atoms with Crippen LogP contribution in [-0.2, 0) is 17.8 Å². The number of aryl methyl sites for hydroxylation is 1. The Kier molecular flexibility index (Phi) is 4.97. The second kappa shape index (κ2) is 7.16. The Balaban J connectivity index is 1.72. The van der Waals surface area contributed by atoms with Crippen molar-refractivity contribution < 1.29 is 9.18 Å². The van der Waals surface area contributed by atoms with Crippen LogP contribution in [0.1, 0.15) is 36.8 Å². The minimum Gasteiger partial charge on any atom is -0.343 e. The standard InChI is InChI=1S/C19H24FN3O/c1-14-11-21-19(10-17-4-3-9-22(12-17)15(2)24)23(14)13-16-5-7-18(20)8-6-16/h5-8,11,17H,3-4,9-10,12-13H2,1-2H3. The molecule has 0 aliphatic carbocycles. The Bertz CT molecular complexity index is 708. The van der Waals surface area contributed by atoms with E-state index in [4.69, 9.17) is 0 Å². The number of carbonyl (C=O) groups is 1. The molecule has 1 aliphatic heterocycles. The number of amides is 1. The van der Waals surface area contributed by atoms with Crippen LogP contribution in [0.25, 0.3) is 0 Å². The number of halogens is 1. The summed E-state index contributed by atoms with van der Waals surface area (Å²) in [5, 5.41) is 0. The first-order valence-electron chi connectivity index (χ1n) is 8.54. The maximum absolute atomic E-state index is 13.1. The molecule has 1 amide bonds. The van der Waals surface area contributed by atoms with E-state index in [1.165, 1.54) is 12.1 Å². The van der Waals surface area contributed by atoms with Gasteiger partial charge in [-0.3, -0.25) is 4.79 Å². The smallest absolute Gasteiger partial charge is 0.219 e. The highest BCUT2D eigenvalue weighted by Crippen LogP contribution is 2.21. The Labute approximate surface area is 142 Å². The van der Waals surface area contributed by atoms with Gasteiger partial charge in [-0.2, -0.15) is 0 Å². The van der Waals surface area contributed by atoms with Crippen LogP contribution in [0, 0.1) is 18.7 Å². The quantitative estimate of drug-likeness (QED) is 0.864. The van der Waals surface area contributed by atoms with Crippen molar-refractivity contribution in [1.82, 2.24) is 14.5 Å². The SMILES string of the molecule is CC(=O)N1CCCC(Cc2ncc(C)n2Cc2ccc(F)cc2)C1. The zero-order valence-corrected chi connectivity index (χ0v) is 14.3. The third-order valence-electron chi connectivity index (χ3n) is 4.83. The molecule has 1 unspecified atom stereocenters. The Morgan fingerprint density at radius 3 is 2.79 bits per heavy atom. The van der Waals surface area contributed by atoms with Crippen LogP contribution in [0.5, 0.6) is 0 Å². The first-order valence-corrected chi connectivity index (χ1v) is 8.54. The highest BCUT2D eigenvalue weighted by atomic mass is 19.1. The Hall–Kier alpha value is -2.17. The lowest BCUT2D eigenvalue weighted by molar-refractivity contribution is -0.130. The topological polar surface area (TPSA) is 38.1 Å². The molecule has 4 nitrogen and oxygen atoms in total. The van der Waals surface area contributed by atoms with E-state index >= 15 is 0 Å².